The van der Waals surface area contributed by atoms with Crippen molar-refractivity contribution >= 4 is 17.1 Å². The van der Waals surface area contributed by atoms with Crippen LogP contribution in [0.25, 0.3) is 10.6 Å². The van der Waals surface area contributed by atoms with Gasteiger partial charge in [0, 0.05) is 11.6 Å². The van der Waals surface area contributed by atoms with Crippen molar-refractivity contribution in [1.82, 2.24) is 4.98 Å². The van der Waals surface area contributed by atoms with Crippen LogP contribution in [0.5, 0.6) is 5.75 Å². The van der Waals surface area contributed by atoms with Crippen LogP contribution in [0.1, 0.15) is 10.4 Å². The second-order valence-corrected chi connectivity index (χ2v) is 5.70. The summed E-state index contributed by atoms with van der Waals surface area (Å²) in [6.07, 6.45) is 3.56. The first-order valence-electron chi connectivity index (χ1n) is 6.82. The van der Waals surface area contributed by atoms with Gasteiger partial charge in [-0.3, -0.25) is 4.79 Å². The molecule has 2 aromatic heterocycles. The smallest absolute Gasteiger partial charge is 0.287 e. The number of hydrogen-bond donors (Lipinski definition) is 0. The standard InChI is InChI=1S/C17H15N2O2S.BrH/c1-21-14-5-2-4-13(10-14)16(20)11-19-8-7-15(18-12-19)17-6-3-9-22-17;/h2-10,12H,11H2,1H3;1H/q+1;/p-1. The Morgan fingerprint density at radius 2 is 2.13 bits per heavy atom. The molecule has 23 heavy (non-hydrogen) atoms. The number of thiophene rings is 1. The molecule has 0 bridgehead atoms. The Labute approximate surface area is 149 Å². The van der Waals surface area contributed by atoms with Crippen LogP contribution in [-0.2, 0) is 6.54 Å². The van der Waals surface area contributed by atoms with E-state index in [0.29, 0.717) is 11.3 Å². The highest BCUT2D eigenvalue weighted by Gasteiger charge is 2.12. The lowest BCUT2D eigenvalue weighted by atomic mass is 10.1. The number of rotatable bonds is 5. The Hall–Kier alpha value is -2.05. The van der Waals surface area contributed by atoms with Crippen LogP contribution in [-0.4, -0.2) is 17.9 Å². The van der Waals surface area contributed by atoms with E-state index < -0.39 is 0 Å². The van der Waals surface area contributed by atoms with E-state index >= 15 is 0 Å². The Kier molecular flexibility index (Phi) is 6.01. The molecule has 0 aliphatic heterocycles. The summed E-state index contributed by atoms with van der Waals surface area (Å²) in [6.45, 7) is 0.255. The molecular formula is C17H15BrN2O2S. The molecule has 0 aliphatic rings. The summed E-state index contributed by atoms with van der Waals surface area (Å²) in [4.78, 5) is 17.8. The first kappa shape index (κ1) is 17.3. The normalized spacial score (nSPS) is 9.96. The Morgan fingerprint density at radius 3 is 2.78 bits per heavy atom. The number of carbonyl (C=O) groups excluding carboxylic acids is 1. The van der Waals surface area contributed by atoms with Crippen molar-refractivity contribution < 1.29 is 31.1 Å². The third-order valence-electron chi connectivity index (χ3n) is 3.26. The number of Topliss-reactive ketones (excluding diaryl/α,β-unsaturated/α-hetero) is 1. The van der Waals surface area contributed by atoms with Crippen LogP contribution >= 0.6 is 11.3 Å². The lowest BCUT2D eigenvalue weighted by molar-refractivity contribution is -0.686. The van der Waals surface area contributed by atoms with Gasteiger partial charge in [-0.2, -0.15) is 0 Å². The minimum Gasteiger partial charge on any atom is -1.00 e. The third kappa shape index (κ3) is 4.24. The van der Waals surface area contributed by atoms with Gasteiger partial charge in [-0.05, 0) is 28.6 Å². The van der Waals surface area contributed by atoms with Crippen LogP contribution in [0, 0.1) is 0 Å². The van der Waals surface area contributed by atoms with Gasteiger partial charge in [0.05, 0.1) is 18.2 Å². The molecule has 0 aliphatic carbocycles. The molecular weight excluding hydrogens is 376 g/mol. The van der Waals surface area contributed by atoms with Crippen molar-refractivity contribution in [3.05, 3.63) is 65.9 Å². The topological polar surface area (TPSA) is 43.1 Å². The fraction of sp³-hybridized carbons (Fsp3) is 0.118. The van der Waals surface area contributed by atoms with Gasteiger partial charge >= 0.3 is 0 Å². The van der Waals surface area contributed by atoms with Gasteiger partial charge in [-0.1, -0.05) is 18.2 Å². The summed E-state index contributed by atoms with van der Waals surface area (Å²) >= 11 is 1.64. The molecule has 4 nitrogen and oxygen atoms in total. The van der Waals surface area contributed by atoms with Gasteiger partial charge < -0.3 is 21.7 Å². The van der Waals surface area contributed by atoms with E-state index in [1.807, 2.05) is 41.9 Å². The largest absolute Gasteiger partial charge is 1.00 e. The number of aromatic nitrogens is 2. The lowest BCUT2D eigenvalue weighted by Gasteiger charge is -2.03. The summed E-state index contributed by atoms with van der Waals surface area (Å²) in [6, 6.07) is 13.1. The second kappa shape index (κ2) is 7.99. The number of nitrogens with zero attached hydrogens (tertiary/aromatic N) is 2. The Balaban J connectivity index is 0.00000192. The van der Waals surface area contributed by atoms with Crippen LogP contribution in [0.15, 0.2) is 60.4 Å². The van der Waals surface area contributed by atoms with Crippen molar-refractivity contribution in [3.63, 3.8) is 0 Å². The predicted octanol–water partition coefficient (Wildman–Crippen LogP) is -0.00690. The maximum absolute atomic E-state index is 12.3. The molecule has 0 radical (unpaired) electrons. The number of ketones is 1. The fourth-order valence-electron chi connectivity index (χ4n) is 2.10. The molecule has 118 valence electrons. The van der Waals surface area contributed by atoms with E-state index in [9.17, 15) is 4.79 Å². The van der Waals surface area contributed by atoms with E-state index in [-0.39, 0.29) is 29.3 Å². The molecule has 0 fully saturated rings. The predicted molar refractivity (Wildman–Crippen MR) is 85.1 cm³/mol. The molecule has 3 rings (SSSR count). The van der Waals surface area contributed by atoms with Crippen LogP contribution in [0.4, 0.5) is 0 Å². The number of benzene rings is 1. The number of ether oxygens (including phenoxy) is 1. The highest BCUT2D eigenvalue weighted by Crippen LogP contribution is 2.21. The minimum absolute atomic E-state index is 0. The van der Waals surface area contributed by atoms with E-state index in [4.69, 9.17) is 4.74 Å². The number of halogens is 1. The molecule has 0 saturated carbocycles. The van der Waals surface area contributed by atoms with E-state index in [1.54, 1.807) is 41.5 Å². The summed E-state index contributed by atoms with van der Waals surface area (Å²) in [5.74, 6) is 0.705. The zero-order valence-corrected chi connectivity index (χ0v) is 14.9. The van der Waals surface area contributed by atoms with Crippen LogP contribution in [0.2, 0.25) is 0 Å². The zero-order chi connectivity index (χ0) is 15.4. The van der Waals surface area contributed by atoms with E-state index in [2.05, 4.69) is 4.98 Å². The average molecular weight is 391 g/mol. The van der Waals surface area contributed by atoms with Gasteiger partial charge in [-0.15, -0.1) is 11.3 Å². The monoisotopic (exact) mass is 390 g/mol. The molecule has 0 atom stereocenters. The number of methoxy groups -OCH3 is 1. The first-order chi connectivity index (χ1) is 10.8. The summed E-state index contributed by atoms with van der Waals surface area (Å²) in [7, 11) is 1.59. The molecule has 0 N–H and O–H groups in total. The lowest BCUT2D eigenvalue weighted by Crippen LogP contribution is -3.00. The van der Waals surface area contributed by atoms with Crippen molar-refractivity contribution in [2.24, 2.45) is 0 Å². The van der Waals surface area contributed by atoms with Crippen molar-refractivity contribution in [1.29, 1.82) is 0 Å². The summed E-state index contributed by atoms with van der Waals surface area (Å²) in [5.41, 5.74) is 1.55. The molecule has 6 heteroatoms. The molecule has 2 heterocycles. The fourth-order valence-corrected chi connectivity index (χ4v) is 2.80. The molecule has 1 aromatic carbocycles. The van der Waals surface area contributed by atoms with Crippen molar-refractivity contribution in [2.75, 3.05) is 7.11 Å². The van der Waals surface area contributed by atoms with Crippen LogP contribution < -0.4 is 26.3 Å². The maximum Gasteiger partial charge on any atom is 0.287 e. The minimum atomic E-state index is 0. The highest BCUT2D eigenvalue weighted by molar-refractivity contribution is 7.13. The molecule has 0 amide bonds. The van der Waals surface area contributed by atoms with Gasteiger partial charge in [0.2, 0.25) is 5.78 Å². The maximum atomic E-state index is 12.3. The Morgan fingerprint density at radius 1 is 1.26 bits per heavy atom. The van der Waals surface area contributed by atoms with Crippen molar-refractivity contribution in [3.8, 4) is 16.3 Å². The Bertz CT molecular complexity index is 774. The summed E-state index contributed by atoms with van der Waals surface area (Å²) < 4.78 is 6.92. The molecule has 0 saturated heterocycles. The number of hydrogen-bond acceptors (Lipinski definition) is 4. The van der Waals surface area contributed by atoms with E-state index in [0.717, 1.165) is 10.6 Å². The molecule has 0 unspecified atom stereocenters. The quantitative estimate of drug-likeness (QED) is 0.454. The molecule has 3 aromatic rings. The summed E-state index contributed by atoms with van der Waals surface area (Å²) in [5, 5.41) is 2.02. The second-order valence-electron chi connectivity index (χ2n) is 4.75. The SMILES string of the molecule is COc1cccc(C(=O)C[n+]2ccc(-c3cccs3)nc2)c1.[Br-]. The van der Waals surface area contributed by atoms with Crippen molar-refractivity contribution in [2.45, 2.75) is 6.54 Å². The van der Waals surface area contributed by atoms with Gasteiger partial charge in [0.15, 0.2) is 12.2 Å². The van der Waals surface area contributed by atoms with Gasteiger partial charge in [-0.25, -0.2) is 4.57 Å². The number of carbonyl (C=O) groups is 1. The van der Waals surface area contributed by atoms with Gasteiger partial charge in [0.1, 0.15) is 5.75 Å². The molecule has 0 spiro atoms. The van der Waals surface area contributed by atoms with E-state index in [1.165, 1.54) is 0 Å². The first-order valence-corrected chi connectivity index (χ1v) is 7.70. The van der Waals surface area contributed by atoms with Crippen LogP contribution in [0.3, 0.4) is 0 Å². The average Bonchev–Trinajstić information content (AvgIpc) is 3.10. The third-order valence-corrected chi connectivity index (χ3v) is 4.15. The highest BCUT2D eigenvalue weighted by atomic mass is 79.9. The zero-order valence-electron chi connectivity index (χ0n) is 12.5. The van der Waals surface area contributed by atoms with Gasteiger partial charge in [0.25, 0.3) is 6.33 Å².